The van der Waals surface area contributed by atoms with Crippen LogP contribution in [0, 0.1) is 0 Å². The third kappa shape index (κ3) is 4.00. The fourth-order valence-corrected chi connectivity index (χ4v) is 2.32. The highest BCUT2D eigenvalue weighted by Crippen LogP contribution is 2.18. The van der Waals surface area contributed by atoms with E-state index in [1.165, 1.54) is 18.4 Å². The first kappa shape index (κ1) is 13.4. The van der Waals surface area contributed by atoms with Gasteiger partial charge in [-0.2, -0.15) is 0 Å². The lowest BCUT2D eigenvalue weighted by molar-refractivity contribution is 0.0559. The monoisotopic (exact) mass is 249 g/mol. The molecule has 0 radical (unpaired) electrons. The largest absolute Gasteiger partial charge is 0.494 e. The van der Waals surface area contributed by atoms with Crippen LogP contribution in [-0.2, 0) is 11.3 Å². The predicted octanol–water partition coefficient (Wildman–Crippen LogP) is 2.74. The number of benzene rings is 1. The average Bonchev–Trinajstić information content (AvgIpc) is 2.76. The SMILES string of the molecule is CCOc1cccc(CNCC2CCC(C)O2)c1. The highest BCUT2D eigenvalue weighted by atomic mass is 16.5. The number of ether oxygens (including phenoxy) is 2. The van der Waals surface area contributed by atoms with Crippen molar-refractivity contribution in [3.05, 3.63) is 29.8 Å². The summed E-state index contributed by atoms with van der Waals surface area (Å²) < 4.78 is 11.3. The number of hydrogen-bond acceptors (Lipinski definition) is 3. The molecule has 1 aliphatic heterocycles. The average molecular weight is 249 g/mol. The molecule has 2 unspecified atom stereocenters. The van der Waals surface area contributed by atoms with Gasteiger partial charge in [0.1, 0.15) is 5.75 Å². The Balaban J connectivity index is 1.74. The van der Waals surface area contributed by atoms with Gasteiger partial charge >= 0.3 is 0 Å². The topological polar surface area (TPSA) is 30.5 Å². The predicted molar refractivity (Wildman–Crippen MR) is 72.9 cm³/mol. The third-order valence-corrected chi connectivity index (χ3v) is 3.23. The van der Waals surface area contributed by atoms with Gasteiger partial charge in [0.05, 0.1) is 18.8 Å². The maximum Gasteiger partial charge on any atom is 0.119 e. The molecule has 0 aliphatic carbocycles. The number of hydrogen-bond donors (Lipinski definition) is 1. The smallest absolute Gasteiger partial charge is 0.119 e. The van der Waals surface area contributed by atoms with Crippen LogP contribution in [0.3, 0.4) is 0 Å². The summed E-state index contributed by atoms with van der Waals surface area (Å²) in [7, 11) is 0. The standard InChI is InChI=1S/C15H23NO2/c1-3-17-14-6-4-5-13(9-14)10-16-11-15-8-7-12(2)18-15/h4-6,9,12,15-16H,3,7-8,10-11H2,1-2H3. The molecule has 2 atom stereocenters. The van der Waals surface area contributed by atoms with E-state index >= 15 is 0 Å². The Kier molecular flexibility index (Phi) is 5.02. The third-order valence-electron chi connectivity index (χ3n) is 3.23. The Labute approximate surface area is 109 Å². The first-order valence-electron chi connectivity index (χ1n) is 6.86. The zero-order valence-corrected chi connectivity index (χ0v) is 11.3. The van der Waals surface area contributed by atoms with Crippen molar-refractivity contribution < 1.29 is 9.47 Å². The number of rotatable bonds is 6. The zero-order chi connectivity index (χ0) is 12.8. The van der Waals surface area contributed by atoms with Gasteiger partial charge in [-0.1, -0.05) is 12.1 Å². The normalized spacial score (nSPS) is 23.2. The van der Waals surface area contributed by atoms with Crippen LogP contribution >= 0.6 is 0 Å². The second-order valence-electron chi connectivity index (χ2n) is 4.86. The lowest BCUT2D eigenvalue weighted by Crippen LogP contribution is -2.26. The second kappa shape index (κ2) is 6.76. The molecular weight excluding hydrogens is 226 g/mol. The van der Waals surface area contributed by atoms with Crippen molar-refractivity contribution in [2.24, 2.45) is 0 Å². The second-order valence-corrected chi connectivity index (χ2v) is 4.86. The van der Waals surface area contributed by atoms with Crippen LogP contribution in [0.25, 0.3) is 0 Å². The summed E-state index contributed by atoms with van der Waals surface area (Å²) in [5.74, 6) is 0.947. The van der Waals surface area contributed by atoms with Gasteiger partial charge in [-0.3, -0.25) is 0 Å². The maximum absolute atomic E-state index is 5.77. The fraction of sp³-hybridized carbons (Fsp3) is 0.600. The van der Waals surface area contributed by atoms with E-state index in [0.717, 1.165) is 18.8 Å². The zero-order valence-electron chi connectivity index (χ0n) is 11.3. The quantitative estimate of drug-likeness (QED) is 0.841. The van der Waals surface area contributed by atoms with E-state index in [4.69, 9.17) is 9.47 Å². The molecule has 1 saturated heterocycles. The summed E-state index contributed by atoms with van der Waals surface area (Å²) in [6.07, 6.45) is 3.17. The molecule has 0 amide bonds. The lowest BCUT2D eigenvalue weighted by atomic mass is 10.2. The van der Waals surface area contributed by atoms with Crippen LogP contribution in [-0.4, -0.2) is 25.4 Å². The van der Waals surface area contributed by atoms with Gasteiger partial charge < -0.3 is 14.8 Å². The van der Waals surface area contributed by atoms with E-state index in [0.29, 0.717) is 18.8 Å². The summed E-state index contributed by atoms with van der Waals surface area (Å²) in [6, 6.07) is 8.24. The molecule has 1 heterocycles. The van der Waals surface area contributed by atoms with Crippen LogP contribution < -0.4 is 10.1 Å². The van der Waals surface area contributed by atoms with Crippen LogP contribution in [0.1, 0.15) is 32.3 Å². The summed E-state index contributed by atoms with van der Waals surface area (Å²) in [4.78, 5) is 0. The van der Waals surface area contributed by atoms with Crippen molar-refractivity contribution in [1.29, 1.82) is 0 Å². The van der Waals surface area contributed by atoms with Crippen molar-refractivity contribution in [2.75, 3.05) is 13.2 Å². The van der Waals surface area contributed by atoms with Gasteiger partial charge in [0.25, 0.3) is 0 Å². The molecule has 3 heteroatoms. The molecule has 100 valence electrons. The molecule has 0 spiro atoms. The van der Waals surface area contributed by atoms with E-state index in [2.05, 4.69) is 24.4 Å². The van der Waals surface area contributed by atoms with Gasteiger partial charge in [-0.15, -0.1) is 0 Å². The molecular formula is C15H23NO2. The van der Waals surface area contributed by atoms with Gasteiger partial charge in [0.15, 0.2) is 0 Å². The summed E-state index contributed by atoms with van der Waals surface area (Å²) in [5.41, 5.74) is 1.26. The first-order chi connectivity index (χ1) is 8.78. The van der Waals surface area contributed by atoms with E-state index < -0.39 is 0 Å². The minimum absolute atomic E-state index is 0.384. The first-order valence-corrected chi connectivity index (χ1v) is 6.86. The minimum Gasteiger partial charge on any atom is -0.494 e. The fourth-order valence-electron chi connectivity index (χ4n) is 2.32. The Morgan fingerprint density at radius 3 is 3.00 bits per heavy atom. The van der Waals surface area contributed by atoms with Crippen LogP contribution in [0.15, 0.2) is 24.3 Å². The van der Waals surface area contributed by atoms with Gasteiger partial charge in [-0.05, 0) is 44.4 Å². The molecule has 0 saturated carbocycles. The van der Waals surface area contributed by atoms with Gasteiger partial charge in [0.2, 0.25) is 0 Å². The van der Waals surface area contributed by atoms with E-state index in [-0.39, 0.29) is 0 Å². The van der Waals surface area contributed by atoms with Crippen LogP contribution in [0.4, 0.5) is 0 Å². The van der Waals surface area contributed by atoms with Crippen molar-refractivity contribution >= 4 is 0 Å². The Bertz CT molecular complexity index is 367. The van der Waals surface area contributed by atoms with Crippen LogP contribution in [0.2, 0.25) is 0 Å². The molecule has 1 fully saturated rings. The molecule has 1 aliphatic rings. The van der Waals surface area contributed by atoms with Crippen LogP contribution in [0.5, 0.6) is 5.75 Å². The Hall–Kier alpha value is -1.06. The molecule has 0 bridgehead atoms. The summed E-state index contributed by atoms with van der Waals surface area (Å²) in [6.45, 7) is 6.66. The van der Waals surface area contributed by atoms with E-state index in [1.807, 2.05) is 19.1 Å². The highest BCUT2D eigenvalue weighted by molar-refractivity contribution is 5.28. The Morgan fingerprint density at radius 1 is 1.39 bits per heavy atom. The van der Waals surface area contributed by atoms with E-state index in [1.54, 1.807) is 0 Å². The molecule has 1 aromatic rings. The Morgan fingerprint density at radius 2 is 2.28 bits per heavy atom. The lowest BCUT2D eigenvalue weighted by Gasteiger charge is -2.12. The van der Waals surface area contributed by atoms with Crippen molar-refractivity contribution in [3.8, 4) is 5.75 Å². The summed E-state index contributed by atoms with van der Waals surface area (Å²) >= 11 is 0. The van der Waals surface area contributed by atoms with Crippen molar-refractivity contribution in [3.63, 3.8) is 0 Å². The van der Waals surface area contributed by atoms with Crippen molar-refractivity contribution in [1.82, 2.24) is 5.32 Å². The molecule has 2 rings (SSSR count). The van der Waals surface area contributed by atoms with Gasteiger partial charge in [0, 0.05) is 13.1 Å². The number of nitrogens with one attached hydrogen (secondary N) is 1. The molecule has 1 aromatic carbocycles. The van der Waals surface area contributed by atoms with Gasteiger partial charge in [-0.25, -0.2) is 0 Å². The molecule has 3 nitrogen and oxygen atoms in total. The van der Waals surface area contributed by atoms with Crippen molar-refractivity contribution in [2.45, 2.75) is 45.4 Å². The summed E-state index contributed by atoms with van der Waals surface area (Å²) in [5, 5.41) is 3.45. The molecule has 1 N–H and O–H groups in total. The minimum atomic E-state index is 0.384. The molecule has 0 aromatic heterocycles. The van der Waals surface area contributed by atoms with E-state index in [9.17, 15) is 0 Å². The maximum atomic E-state index is 5.77. The molecule has 18 heavy (non-hydrogen) atoms. The highest BCUT2D eigenvalue weighted by Gasteiger charge is 2.20.